The van der Waals surface area contributed by atoms with Crippen molar-refractivity contribution in [2.75, 3.05) is 5.75 Å². The lowest BCUT2D eigenvalue weighted by Gasteiger charge is -2.02. The van der Waals surface area contributed by atoms with Gasteiger partial charge in [-0.05, 0) is 37.0 Å². The van der Waals surface area contributed by atoms with Crippen molar-refractivity contribution in [2.45, 2.75) is 43.7 Å². The Bertz CT molecular complexity index is 925. The molecule has 3 rings (SSSR count). The van der Waals surface area contributed by atoms with E-state index in [1.54, 1.807) is 24.4 Å². The fourth-order valence-electron chi connectivity index (χ4n) is 2.81. The van der Waals surface area contributed by atoms with E-state index in [9.17, 15) is 8.42 Å². The van der Waals surface area contributed by atoms with Gasteiger partial charge in [-0.25, -0.2) is 8.42 Å². The van der Waals surface area contributed by atoms with E-state index in [-0.39, 0.29) is 16.9 Å². The molecule has 0 aliphatic carbocycles. The van der Waals surface area contributed by atoms with Crippen LogP contribution in [0.2, 0.25) is 0 Å². The molecular weight excluding hydrogens is 362 g/mol. The number of rotatable bonds is 10. The topological polar surface area (TPSA) is 86.0 Å². The highest BCUT2D eigenvalue weighted by atomic mass is 32.2. The van der Waals surface area contributed by atoms with E-state index >= 15 is 0 Å². The molecule has 0 saturated heterocycles. The molecule has 0 bridgehead atoms. The Kier molecular flexibility index (Phi) is 6.70. The van der Waals surface area contributed by atoms with E-state index in [0.29, 0.717) is 12.1 Å². The highest BCUT2D eigenvalue weighted by Crippen LogP contribution is 2.19. The van der Waals surface area contributed by atoms with E-state index in [2.05, 4.69) is 39.4 Å². The van der Waals surface area contributed by atoms with Crippen molar-refractivity contribution in [1.29, 1.82) is 0 Å². The monoisotopic (exact) mass is 385 g/mol. The quantitative estimate of drug-likeness (QED) is 0.488. The van der Waals surface area contributed by atoms with E-state index in [0.717, 1.165) is 32.1 Å². The van der Waals surface area contributed by atoms with Crippen LogP contribution >= 0.6 is 0 Å². The predicted molar refractivity (Wildman–Crippen MR) is 103 cm³/mol. The lowest BCUT2D eigenvalue weighted by Crippen LogP contribution is -2.07. The van der Waals surface area contributed by atoms with Crippen LogP contribution < -0.4 is 0 Å². The smallest absolute Gasteiger partial charge is 0.335 e. The third kappa shape index (κ3) is 5.72. The maximum atomic E-state index is 12.3. The second kappa shape index (κ2) is 9.41. The van der Waals surface area contributed by atoms with Crippen molar-refractivity contribution in [3.8, 4) is 11.6 Å². The van der Waals surface area contributed by atoms with Gasteiger partial charge < -0.3 is 4.42 Å². The number of hydrogen-bond donors (Lipinski definition) is 0. The number of benzene rings is 1. The molecule has 2 aromatic heterocycles. The van der Waals surface area contributed by atoms with Crippen molar-refractivity contribution < 1.29 is 12.8 Å². The van der Waals surface area contributed by atoms with Crippen molar-refractivity contribution >= 4 is 9.84 Å². The third-order valence-corrected chi connectivity index (χ3v) is 5.80. The number of nitrogens with zero attached hydrogens (tertiary/aromatic N) is 3. The highest BCUT2D eigenvalue weighted by molar-refractivity contribution is 7.91. The molecule has 0 spiro atoms. The van der Waals surface area contributed by atoms with Gasteiger partial charge in [0.15, 0.2) is 0 Å². The van der Waals surface area contributed by atoms with Crippen LogP contribution in [0.4, 0.5) is 0 Å². The minimum Gasteiger partial charge on any atom is -0.406 e. The van der Waals surface area contributed by atoms with Crippen LogP contribution in [0, 0.1) is 0 Å². The summed E-state index contributed by atoms with van der Waals surface area (Å²) < 4.78 is 30.0. The first-order valence-corrected chi connectivity index (χ1v) is 10.8. The molecule has 7 heteroatoms. The highest BCUT2D eigenvalue weighted by Gasteiger charge is 2.22. The lowest BCUT2D eigenvalue weighted by molar-refractivity contribution is 0.438. The summed E-state index contributed by atoms with van der Waals surface area (Å²) in [6.45, 7) is 0. The zero-order valence-corrected chi connectivity index (χ0v) is 15.9. The molecule has 142 valence electrons. The number of sulfone groups is 1. The van der Waals surface area contributed by atoms with Gasteiger partial charge in [-0.15, -0.1) is 5.10 Å². The molecule has 0 saturated carbocycles. The third-order valence-electron chi connectivity index (χ3n) is 4.28. The first-order valence-electron chi connectivity index (χ1n) is 9.17. The van der Waals surface area contributed by atoms with Crippen LogP contribution in [-0.4, -0.2) is 29.4 Å². The normalized spacial score (nSPS) is 11.6. The fourth-order valence-corrected chi connectivity index (χ4v) is 3.94. The molecule has 1 aromatic carbocycles. The molecule has 2 heterocycles. The molecule has 0 unspecified atom stereocenters. The van der Waals surface area contributed by atoms with Gasteiger partial charge in [0.1, 0.15) is 5.69 Å². The van der Waals surface area contributed by atoms with Crippen LogP contribution in [0.3, 0.4) is 0 Å². The Morgan fingerprint density at radius 1 is 0.815 bits per heavy atom. The summed E-state index contributed by atoms with van der Waals surface area (Å²) in [5, 5.41) is 7.15. The molecular formula is C20H23N3O3S. The molecule has 0 atom stereocenters. The Balaban J connectivity index is 1.39. The molecule has 0 aliphatic rings. The second-order valence-corrected chi connectivity index (χ2v) is 8.40. The van der Waals surface area contributed by atoms with Crippen LogP contribution in [0.15, 0.2) is 64.4 Å². The summed E-state index contributed by atoms with van der Waals surface area (Å²) in [6.07, 6.45) is 7.35. The lowest BCUT2D eigenvalue weighted by atomic mass is 10.1. The van der Waals surface area contributed by atoms with E-state index in [1.165, 1.54) is 5.56 Å². The fraction of sp³-hybridized carbons (Fsp3) is 0.350. The van der Waals surface area contributed by atoms with Crippen molar-refractivity contribution in [2.24, 2.45) is 0 Å². The first kappa shape index (κ1) is 19.2. The van der Waals surface area contributed by atoms with Gasteiger partial charge in [0, 0.05) is 6.20 Å². The second-order valence-electron chi connectivity index (χ2n) is 6.41. The van der Waals surface area contributed by atoms with E-state index < -0.39 is 9.84 Å². The molecule has 0 aliphatic heterocycles. The van der Waals surface area contributed by atoms with Gasteiger partial charge in [0.05, 0.1) is 5.75 Å². The van der Waals surface area contributed by atoms with Gasteiger partial charge in [-0.1, -0.05) is 60.8 Å². The van der Waals surface area contributed by atoms with Crippen LogP contribution in [0.1, 0.15) is 37.7 Å². The molecule has 27 heavy (non-hydrogen) atoms. The average molecular weight is 385 g/mol. The van der Waals surface area contributed by atoms with Gasteiger partial charge in [0.2, 0.25) is 9.84 Å². The Labute approximate surface area is 159 Å². The number of pyridine rings is 1. The van der Waals surface area contributed by atoms with Crippen molar-refractivity contribution in [3.63, 3.8) is 0 Å². The van der Waals surface area contributed by atoms with E-state index in [4.69, 9.17) is 4.42 Å². The zero-order chi connectivity index (χ0) is 19.0. The summed E-state index contributed by atoms with van der Waals surface area (Å²) >= 11 is 0. The first-order chi connectivity index (χ1) is 13.1. The summed E-state index contributed by atoms with van der Waals surface area (Å²) in [5.74, 6) is 0.144. The summed E-state index contributed by atoms with van der Waals surface area (Å²) in [6, 6.07) is 15.6. The Morgan fingerprint density at radius 3 is 2.33 bits per heavy atom. The Hall–Kier alpha value is -2.54. The number of aryl methyl sites for hydroxylation is 1. The van der Waals surface area contributed by atoms with E-state index in [1.807, 2.05) is 6.07 Å². The van der Waals surface area contributed by atoms with Crippen LogP contribution in [0.25, 0.3) is 11.6 Å². The molecule has 0 N–H and O–H groups in total. The van der Waals surface area contributed by atoms with Gasteiger partial charge in [-0.2, -0.15) is 0 Å². The maximum Gasteiger partial charge on any atom is 0.335 e. The molecule has 0 fully saturated rings. The summed E-state index contributed by atoms with van der Waals surface area (Å²) in [7, 11) is -3.55. The summed E-state index contributed by atoms with van der Waals surface area (Å²) in [4.78, 5) is 4.08. The van der Waals surface area contributed by atoms with Crippen LogP contribution in [-0.2, 0) is 16.3 Å². The average Bonchev–Trinajstić information content (AvgIpc) is 3.20. The number of unbranched alkanes of at least 4 members (excludes halogenated alkanes) is 4. The number of aromatic nitrogens is 3. The predicted octanol–water partition coefficient (Wildman–Crippen LogP) is 4.10. The van der Waals surface area contributed by atoms with Gasteiger partial charge in [0.25, 0.3) is 5.89 Å². The zero-order valence-electron chi connectivity index (χ0n) is 15.1. The summed E-state index contributed by atoms with van der Waals surface area (Å²) in [5.41, 5.74) is 1.81. The standard InChI is InChI=1S/C20H23N3O3S/c24-27(25,20-23-22-19(26-20)18-14-8-9-15-21-18)16-10-3-1-2-5-11-17-12-6-4-7-13-17/h4,6-9,12-15H,1-3,5,10-11,16H2. The SMILES string of the molecule is O=S(=O)(CCCCCCCc1ccccc1)c1nnc(-c2ccccn2)o1. The minimum absolute atomic E-state index is 0.0234. The molecule has 3 aromatic rings. The van der Waals surface area contributed by atoms with Gasteiger partial charge in [-0.3, -0.25) is 4.98 Å². The largest absolute Gasteiger partial charge is 0.406 e. The van der Waals surface area contributed by atoms with Crippen molar-refractivity contribution in [3.05, 3.63) is 60.3 Å². The van der Waals surface area contributed by atoms with Gasteiger partial charge >= 0.3 is 5.22 Å². The maximum absolute atomic E-state index is 12.3. The van der Waals surface area contributed by atoms with Crippen molar-refractivity contribution in [1.82, 2.24) is 15.2 Å². The minimum atomic E-state index is -3.55. The Morgan fingerprint density at radius 2 is 1.56 bits per heavy atom. The molecule has 0 amide bonds. The number of hydrogen-bond acceptors (Lipinski definition) is 6. The molecule has 6 nitrogen and oxygen atoms in total. The molecule has 0 radical (unpaired) electrons. The van der Waals surface area contributed by atoms with Crippen LogP contribution in [0.5, 0.6) is 0 Å².